The fourth-order valence-corrected chi connectivity index (χ4v) is 3.24. The topological polar surface area (TPSA) is 48.0 Å². The van der Waals surface area contributed by atoms with Crippen LogP contribution in [0.3, 0.4) is 0 Å². The third kappa shape index (κ3) is 2.13. The molecule has 25 heavy (non-hydrogen) atoms. The van der Waals surface area contributed by atoms with Gasteiger partial charge in [0.2, 0.25) is 5.78 Å². The average Bonchev–Trinajstić information content (AvgIpc) is 3.29. The average molecular weight is 325 g/mol. The molecule has 0 aliphatic rings. The maximum atomic E-state index is 4.79. The molecule has 0 N–H and O–H groups in total. The molecule has 3 heterocycles. The number of aromatic nitrogens is 5. The van der Waals surface area contributed by atoms with Crippen molar-refractivity contribution in [2.24, 2.45) is 0 Å². The van der Waals surface area contributed by atoms with Gasteiger partial charge in [0.1, 0.15) is 5.82 Å². The van der Waals surface area contributed by atoms with E-state index in [2.05, 4.69) is 51.9 Å². The molecule has 5 aromatic rings. The molecule has 5 nitrogen and oxygen atoms in total. The molecule has 0 unspecified atom stereocenters. The summed E-state index contributed by atoms with van der Waals surface area (Å²) in [6, 6.07) is 14.4. The predicted octanol–water partition coefficient (Wildman–Crippen LogP) is 4.04. The molecule has 5 heteroatoms. The zero-order valence-corrected chi connectivity index (χ0v) is 13.7. The smallest absolute Gasteiger partial charge is 0.234 e. The summed E-state index contributed by atoms with van der Waals surface area (Å²) in [6.07, 6.45) is 9.54. The minimum atomic E-state index is 0.692. The summed E-state index contributed by atoms with van der Waals surface area (Å²) < 4.78 is 4.03. The molecule has 0 atom stereocenters. The first-order valence-electron chi connectivity index (χ1n) is 8.13. The number of benzene rings is 2. The Morgan fingerprint density at radius 2 is 1.72 bits per heavy atom. The lowest BCUT2D eigenvalue weighted by atomic mass is 10.0. The number of hydrogen-bond acceptors (Lipinski definition) is 3. The van der Waals surface area contributed by atoms with Crippen molar-refractivity contribution in [3.8, 4) is 17.1 Å². The Labute approximate surface area is 144 Å². The molecular formula is C20H15N5. The first kappa shape index (κ1) is 13.9. The molecule has 0 radical (unpaired) electrons. The van der Waals surface area contributed by atoms with Crippen LogP contribution in [0.5, 0.6) is 0 Å². The normalized spacial score (nSPS) is 11.4. The largest absolute Gasteiger partial charge is 0.300 e. The van der Waals surface area contributed by atoms with Gasteiger partial charge in [-0.05, 0) is 24.6 Å². The third-order valence-corrected chi connectivity index (χ3v) is 4.45. The van der Waals surface area contributed by atoms with E-state index in [1.54, 1.807) is 6.20 Å². The second kappa shape index (κ2) is 5.27. The number of hydrogen-bond donors (Lipinski definition) is 0. The van der Waals surface area contributed by atoms with Crippen molar-refractivity contribution in [3.63, 3.8) is 0 Å². The van der Waals surface area contributed by atoms with Gasteiger partial charge in [-0.15, -0.1) is 0 Å². The fraction of sp³-hybridized carbons (Fsp3) is 0.0500. The van der Waals surface area contributed by atoms with Gasteiger partial charge in [-0.2, -0.15) is 0 Å². The zero-order valence-electron chi connectivity index (χ0n) is 13.7. The number of nitrogens with zero attached hydrogens (tertiary/aromatic N) is 5. The summed E-state index contributed by atoms with van der Waals surface area (Å²) in [7, 11) is 0. The number of fused-ring (bicyclic) bond motifs is 2. The minimum absolute atomic E-state index is 0.692. The monoisotopic (exact) mass is 325 g/mol. The Hall–Kier alpha value is -3.47. The van der Waals surface area contributed by atoms with Crippen molar-refractivity contribution in [1.82, 2.24) is 23.9 Å². The summed E-state index contributed by atoms with van der Waals surface area (Å²) in [5.41, 5.74) is 4.17. The van der Waals surface area contributed by atoms with Crippen molar-refractivity contribution >= 4 is 16.7 Å². The lowest BCUT2D eigenvalue weighted by molar-refractivity contribution is 1.06. The van der Waals surface area contributed by atoms with Gasteiger partial charge >= 0.3 is 0 Å². The van der Waals surface area contributed by atoms with Crippen LogP contribution in [0.15, 0.2) is 73.4 Å². The SMILES string of the molecule is Cc1ccc2cn3ccnc3nc2c1-c1nccn1-c1ccccc1. The van der Waals surface area contributed by atoms with Gasteiger partial charge in [-0.25, -0.2) is 15.0 Å². The summed E-state index contributed by atoms with van der Waals surface area (Å²) in [5.74, 6) is 1.58. The van der Waals surface area contributed by atoms with E-state index in [0.29, 0.717) is 5.78 Å². The maximum Gasteiger partial charge on any atom is 0.234 e. The van der Waals surface area contributed by atoms with E-state index in [1.165, 1.54) is 0 Å². The van der Waals surface area contributed by atoms with E-state index in [-0.39, 0.29) is 0 Å². The Kier molecular flexibility index (Phi) is 2.94. The van der Waals surface area contributed by atoms with Gasteiger partial charge < -0.3 is 0 Å². The van der Waals surface area contributed by atoms with Crippen LogP contribution in [0, 0.1) is 6.92 Å². The molecule has 2 aromatic carbocycles. The standard InChI is InChI=1S/C20H15N5/c1-14-7-8-15-13-24-11-9-22-20(24)23-18(15)17(14)19-21-10-12-25(19)16-5-3-2-4-6-16/h2-13H,1H3. The quantitative estimate of drug-likeness (QED) is 0.492. The van der Waals surface area contributed by atoms with Crippen molar-refractivity contribution in [1.29, 1.82) is 0 Å². The Morgan fingerprint density at radius 3 is 2.60 bits per heavy atom. The highest BCUT2D eigenvalue weighted by Crippen LogP contribution is 2.31. The maximum absolute atomic E-state index is 4.79. The van der Waals surface area contributed by atoms with E-state index in [0.717, 1.165) is 33.5 Å². The number of rotatable bonds is 2. The molecular weight excluding hydrogens is 310 g/mol. The number of imidazole rings is 2. The number of para-hydroxylation sites is 1. The van der Waals surface area contributed by atoms with Crippen LogP contribution in [0.4, 0.5) is 0 Å². The van der Waals surface area contributed by atoms with Crippen LogP contribution >= 0.6 is 0 Å². The minimum Gasteiger partial charge on any atom is -0.300 e. The molecule has 0 saturated heterocycles. The predicted molar refractivity (Wildman–Crippen MR) is 97.8 cm³/mol. The highest BCUT2D eigenvalue weighted by Gasteiger charge is 2.16. The highest BCUT2D eigenvalue weighted by molar-refractivity contribution is 5.94. The molecule has 0 saturated carbocycles. The van der Waals surface area contributed by atoms with Gasteiger partial charge in [0.25, 0.3) is 0 Å². The molecule has 0 aliphatic heterocycles. The summed E-state index contributed by atoms with van der Waals surface area (Å²) >= 11 is 0. The van der Waals surface area contributed by atoms with Gasteiger partial charge in [-0.3, -0.25) is 8.97 Å². The molecule has 120 valence electrons. The van der Waals surface area contributed by atoms with Crippen LogP contribution in [-0.2, 0) is 0 Å². The van der Waals surface area contributed by atoms with Gasteiger partial charge in [0.15, 0.2) is 0 Å². The van der Waals surface area contributed by atoms with Crippen molar-refractivity contribution < 1.29 is 0 Å². The van der Waals surface area contributed by atoms with Crippen molar-refractivity contribution in [3.05, 3.63) is 79.0 Å². The fourth-order valence-electron chi connectivity index (χ4n) is 3.24. The molecule has 0 aliphatic carbocycles. The van der Waals surface area contributed by atoms with E-state index < -0.39 is 0 Å². The van der Waals surface area contributed by atoms with E-state index in [9.17, 15) is 0 Å². The molecule has 3 aromatic heterocycles. The summed E-state index contributed by atoms with van der Waals surface area (Å²) in [6.45, 7) is 2.09. The van der Waals surface area contributed by atoms with Crippen LogP contribution in [0.25, 0.3) is 33.8 Å². The molecule has 0 bridgehead atoms. The first-order valence-corrected chi connectivity index (χ1v) is 8.13. The van der Waals surface area contributed by atoms with E-state index in [1.807, 2.05) is 41.2 Å². The third-order valence-electron chi connectivity index (χ3n) is 4.45. The van der Waals surface area contributed by atoms with Gasteiger partial charge in [-0.1, -0.05) is 30.3 Å². The van der Waals surface area contributed by atoms with Crippen LogP contribution < -0.4 is 0 Å². The summed E-state index contributed by atoms with van der Waals surface area (Å²) in [5, 5.41) is 1.06. The van der Waals surface area contributed by atoms with E-state index in [4.69, 9.17) is 4.98 Å². The van der Waals surface area contributed by atoms with Crippen molar-refractivity contribution in [2.75, 3.05) is 0 Å². The van der Waals surface area contributed by atoms with Crippen LogP contribution in [0.1, 0.15) is 5.56 Å². The lowest BCUT2D eigenvalue weighted by Gasteiger charge is -2.12. The van der Waals surface area contributed by atoms with Crippen molar-refractivity contribution in [2.45, 2.75) is 6.92 Å². The van der Waals surface area contributed by atoms with Crippen LogP contribution in [0.2, 0.25) is 0 Å². The Bertz CT molecular complexity index is 1200. The first-order chi connectivity index (χ1) is 12.3. The zero-order chi connectivity index (χ0) is 16.8. The second-order valence-corrected chi connectivity index (χ2v) is 6.03. The Morgan fingerprint density at radius 1 is 0.880 bits per heavy atom. The second-order valence-electron chi connectivity index (χ2n) is 6.03. The van der Waals surface area contributed by atoms with Gasteiger partial charge in [0.05, 0.1) is 5.52 Å². The highest BCUT2D eigenvalue weighted by atomic mass is 15.1. The van der Waals surface area contributed by atoms with E-state index >= 15 is 0 Å². The molecule has 0 amide bonds. The summed E-state index contributed by atoms with van der Waals surface area (Å²) in [4.78, 5) is 13.8. The number of aryl methyl sites for hydroxylation is 1. The Balaban J connectivity index is 1.84. The lowest BCUT2D eigenvalue weighted by Crippen LogP contribution is -2.00. The van der Waals surface area contributed by atoms with Crippen LogP contribution in [-0.4, -0.2) is 23.9 Å². The molecule has 5 rings (SSSR count). The van der Waals surface area contributed by atoms with Gasteiger partial charge in [0, 0.05) is 47.6 Å². The molecule has 0 fully saturated rings. The molecule has 0 spiro atoms.